The summed E-state index contributed by atoms with van der Waals surface area (Å²) >= 11 is 1.35. The summed E-state index contributed by atoms with van der Waals surface area (Å²) in [5.74, 6) is 2.22. The molecule has 0 aliphatic carbocycles. The van der Waals surface area contributed by atoms with Gasteiger partial charge in [0.2, 0.25) is 0 Å². The van der Waals surface area contributed by atoms with Gasteiger partial charge in [0.05, 0.1) is 28.3 Å². The third kappa shape index (κ3) is 3.30. The molecular weight excluding hydrogens is 336 g/mol. The Labute approximate surface area is 148 Å². The van der Waals surface area contributed by atoms with Crippen molar-refractivity contribution >= 4 is 28.0 Å². The number of hydrogen-bond donors (Lipinski definition) is 1. The van der Waals surface area contributed by atoms with E-state index < -0.39 is 0 Å². The summed E-state index contributed by atoms with van der Waals surface area (Å²) in [5.41, 5.74) is 1.06. The third-order valence-corrected chi connectivity index (χ3v) is 4.78. The lowest BCUT2D eigenvalue weighted by Gasteiger charge is -2.10. The van der Waals surface area contributed by atoms with Crippen molar-refractivity contribution in [1.29, 1.82) is 0 Å². The predicted molar refractivity (Wildman–Crippen MR) is 97.6 cm³/mol. The van der Waals surface area contributed by atoms with Crippen molar-refractivity contribution in [2.24, 2.45) is 0 Å². The van der Waals surface area contributed by atoms with Crippen LogP contribution in [-0.2, 0) is 13.1 Å². The molecule has 7 heteroatoms. The Morgan fingerprint density at radius 1 is 1.32 bits per heavy atom. The Hall–Kier alpha value is -2.98. The number of benzene rings is 1. The highest BCUT2D eigenvalue weighted by Gasteiger charge is 2.15. The average molecular weight is 352 g/mol. The van der Waals surface area contributed by atoms with E-state index in [0.717, 1.165) is 5.01 Å². The molecule has 0 spiro atoms. The minimum Gasteiger partial charge on any atom is -0.346 e. The summed E-state index contributed by atoms with van der Waals surface area (Å²) in [6.07, 6.45) is 5.32. The lowest BCUT2D eigenvalue weighted by molar-refractivity contribution is 0.0953. The fraction of sp³-hybridized carbons (Fsp3) is 0.222. The number of aryl methyl sites for hydroxylation is 2. The van der Waals surface area contributed by atoms with Crippen LogP contribution < -0.4 is 10.9 Å². The van der Waals surface area contributed by atoms with Gasteiger partial charge < -0.3 is 5.32 Å². The van der Waals surface area contributed by atoms with E-state index >= 15 is 0 Å². The summed E-state index contributed by atoms with van der Waals surface area (Å²) in [6, 6.07) is 7.16. The summed E-state index contributed by atoms with van der Waals surface area (Å²) in [6.45, 7) is 3.94. The van der Waals surface area contributed by atoms with E-state index in [9.17, 15) is 9.59 Å². The van der Waals surface area contributed by atoms with E-state index in [4.69, 9.17) is 6.42 Å². The molecule has 25 heavy (non-hydrogen) atoms. The summed E-state index contributed by atoms with van der Waals surface area (Å²) in [5, 5.41) is 9.25. The molecule has 1 N–H and O–H groups in total. The number of carbonyl (C=O) groups is 1. The Bertz CT molecular complexity index is 1060. The molecule has 0 aliphatic heterocycles. The van der Waals surface area contributed by atoms with Crippen molar-refractivity contribution in [2.75, 3.05) is 0 Å². The molecule has 3 rings (SSSR count). The van der Waals surface area contributed by atoms with Gasteiger partial charge in [-0.05, 0) is 19.9 Å². The summed E-state index contributed by atoms with van der Waals surface area (Å²) in [4.78, 5) is 29.6. The molecule has 0 aliphatic rings. The number of thiazole rings is 1. The smallest absolute Gasteiger partial charge is 0.275 e. The average Bonchev–Trinajstić information content (AvgIpc) is 2.94. The molecule has 0 fully saturated rings. The maximum Gasteiger partial charge on any atom is 0.275 e. The highest BCUT2D eigenvalue weighted by Crippen LogP contribution is 2.17. The highest BCUT2D eigenvalue weighted by atomic mass is 32.1. The maximum atomic E-state index is 12.4. The number of rotatable bonds is 4. The van der Waals surface area contributed by atoms with Crippen molar-refractivity contribution in [2.45, 2.75) is 26.9 Å². The molecule has 6 nitrogen and oxygen atoms in total. The van der Waals surface area contributed by atoms with Crippen LogP contribution in [0.3, 0.4) is 0 Å². The van der Waals surface area contributed by atoms with Crippen molar-refractivity contribution in [1.82, 2.24) is 20.1 Å². The Balaban J connectivity index is 1.94. The fourth-order valence-corrected chi connectivity index (χ4v) is 3.45. The highest BCUT2D eigenvalue weighted by molar-refractivity contribution is 7.13. The van der Waals surface area contributed by atoms with Crippen LogP contribution in [0, 0.1) is 26.2 Å². The Kier molecular flexibility index (Phi) is 4.63. The van der Waals surface area contributed by atoms with Crippen LogP contribution in [0.4, 0.5) is 0 Å². The number of nitrogens with one attached hydrogen (secondary N) is 1. The van der Waals surface area contributed by atoms with E-state index in [2.05, 4.69) is 21.3 Å². The number of nitrogens with zero attached hydrogens (tertiary/aromatic N) is 3. The normalized spacial score (nSPS) is 10.6. The van der Waals surface area contributed by atoms with Gasteiger partial charge in [0.15, 0.2) is 0 Å². The van der Waals surface area contributed by atoms with Crippen molar-refractivity contribution in [3.63, 3.8) is 0 Å². The van der Waals surface area contributed by atoms with Gasteiger partial charge in [-0.3, -0.25) is 9.59 Å². The number of terminal acetylenes is 1. The minimum atomic E-state index is -0.238. The molecule has 0 saturated heterocycles. The van der Waals surface area contributed by atoms with E-state index in [1.165, 1.54) is 16.0 Å². The molecule has 2 aromatic heterocycles. The van der Waals surface area contributed by atoms with Gasteiger partial charge >= 0.3 is 0 Å². The van der Waals surface area contributed by atoms with Gasteiger partial charge in [-0.1, -0.05) is 24.1 Å². The van der Waals surface area contributed by atoms with Crippen molar-refractivity contribution in [3.05, 3.63) is 55.9 Å². The van der Waals surface area contributed by atoms with Crippen LogP contribution in [0.5, 0.6) is 0 Å². The van der Waals surface area contributed by atoms with Crippen LogP contribution in [0.2, 0.25) is 0 Å². The molecule has 3 aromatic rings. The van der Waals surface area contributed by atoms with Gasteiger partial charge in [-0.15, -0.1) is 17.8 Å². The topological polar surface area (TPSA) is 76.9 Å². The first-order valence-corrected chi connectivity index (χ1v) is 8.47. The quantitative estimate of drug-likeness (QED) is 0.729. The van der Waals surface area contributed by atoms with Crippen molar-refractivity contribution in [3.8, 4) is 12.3 Å². The van der Waals surface area contributed by atoms with E-state index in [1.807, 2.05) is 19.1 Å². The molecule has 2 heterocycles. The van der Waals surface area contributed by atoms with Crippen LogP contribution in [0.25, 0.3) is 10.8 Å². The van der Waals surface area contributed by atoms with Gasteiger partial charge in [0.1, 0.15) is 11.4 Å². The zero-order valence-electron chi connectivity index (χ0n) is 13.9. The van der Waals surface area contributed by atoms with E-state index in [0.29, 0.717) is 27.0 Å². The zero-order valence-corrected chi connectivity index (χ0v) is 14.7. The lowest BCUT2D eigenvalue weighted by Crippen LogP contribution is -2.28. The monoisotopic (exact) mass is 352 g/mol. The second-order valence-electron chi connectivity index (χ2n) is 5.49. The number of carbonyl (C=O) groups excluding carboxylic acids is 1. The molecule has 0 unspecified atom stereocenters. The maximum absolute atomic E-state index is 12.4. The second kappa shape index (κ2) is 6.87. The Morgan fingerprint density at radius 2 is 2.04 bits per heavy atom. The molecule has 1 amide bonds. The van der Waals surface area contributed by atoms with Crippen LogP contribution in [0.1, 0.15) is 26.1 Å². The number of fused-ring (bicyclic) bond motifs is 1. The van der Waals surface area contributed by atoms with Crippen LogP contribution >= 0.6 is 11.3 Å². The zero-order chi connectivity index (χ0) is 18.0. The van der Waals surface area contributed by atoms with Gasteiger partial charge in [0.25, 0.3) is 11.5 Å². The Morgan fingerprint density at radius 3 is 2.68 bits per heavy atom. The molecule has 0 atom stereocenters. The van der Waals surface area contributed by atoms with E-state index in [-0.39, 0.29) is 24.6 Å². The summed E-state index contributed by atoms with van der Waals surface area (Å²) in [7, 11) is 0. The molecular formula is C18H16N4O2S. The fourth-order valence-electron chi connectivity index (χ4n) is 2.62. The minimum absolute atomic E-state index is 0.0811. The van der Waals surface area contributed by atoms with E-state index in [1.54, 1.807) is 19.1 Å². The predicted octanol–water partition coefficient (Wildman–Crippen LogP) is 2.03. The third-order valence-electron chi connectivity index (χ3n) is 3.71. The number of aromatic nitrogens is 3. The first kappa shape index (κ1) is 16.9. The molecule has 0 bridgehead atoms. The number of hydrogen-bond acceptors (Lipinski definition) is 5. The summed E-state index contributed by atoms with van der Waals surface area (Å²) < 4.78 is 1.24. The van der Waals surface area contributed by atoms with Crippen LogP contribution in [-0.4, -0.2) is 20.7 Å². The largest absolute Gasteiger partial charge is 0.346 e. The lowest BCUT2D eigenvalue weighted by atomic mass is 10.1. The first-order chi connectivity index (χ1) is 12.0. The molecule has 0 saturated carbocycles. The SMILES string of the molecule is C#CCn1nc(CNC(=O)c2sc(C)nc2C)c2ccccc2c1=O. The van der Waals surface area contributed by atoms with Crippen molar-refractivity contribution < 1.29 is 4.79 Å². The van der Waals surface area contributed by atoms with Gasteiger partial charge in [0, 0.05) is 5.39 Å². The second-order valence-corrected chi connectivity index (χ2v) is 6.69. The molecule has 126 valence electrons. The van der Waals surface area contributed by atoms with Gasteiger partial charge in [-0.25, -0.2) is 9.67 Å². The standard InChI is InChI=1S/C18H16N4O2S/c1-4-9-22-18(24)14-8-6-5-7-13(14)15(21-22)10-19-17(23)16-11(2)20-12(3)25-16/h1,5-8H,9-10H2,2-3H3,(H,19,23). The molecule has 1 aromatic carbocycles. The molecule has 0 radical (unpaired) electrons. The first-order valence-electron chi connectivity index (χ1n) is 7.65. The van der Waals surface area contributed by atoms with Gasteiger partial charge in [-0.2, -0.15) is 5.10 Å². The van der Waals surface area contributed by atoms with Crippen LogP contribution in [0.15, 0.2) is 29.1 Å². The number of amides is 1.